The van der Waals surface area contributed by atoms with Crippen LogP contribution in [0.4, 0.5) is 0 Å². The number of rotatable bonds is 7. The van der Waals surface area contributed by atoms with Gasteiger partial charge in [-0.1, -0.05) is 42.5 Å². The van der Waals surface area contributed by atoms with Crippen molar-refractivity contribution >= 4 is 10.0 Å². The highest BCUT2D eigenvalue weighted by atomic mass is 32.2. The third-order valence-corrected chi connectivity index (χ3v) is 5.50. The summed E-state index contributed by atoms with van der Waals surface area (Å²) >= 11 is 0. The fourth-order valence-electron chi connectivity index (χ4n) is 2.44. The van der Waals surface area contributed by atoms with Crippen molar-refractivity contribution in [3.8, 4) is 0 Å². The average Bonchev–Trinajstić information content (AvgIpc) is 2.60. The van der Waals surface area contributed by atoms with E-state index >= 15 is 0 Å². The molecular weight excluding hydrogens is 324 g/mol. The molecule has 0 aromatic heterocycles. The third-order valence-electron chi connectivity index (χ3n) is 4.09. The Kier molecular flexibility index (Phi) is 5.77. The van der Waals surface area contributed by atoms with Gasteiger partial charge in [-0.3, -0.25) is 0 Å². The van der Waals surface area contributed by atoms with Crippen molar-refractivity contribution in [2.75, 3.05) is 13.6 Å². The van der Waals surface area contributed by atoms with Gasteiger partial charge >= 0.3 is 0 Å². The molecule has 2 atom stereocenters. The molecule has 0 spiro atoms. The van der Waals surface area contributed by atoms with Gasteiger partial charge in [-0.2, -0.15) is 0 Å². The van der Waals surface area contributed by atoms with E-state index in [1.165, 1.54) is 7.05 Å². The van der Waals surface area contributed by atoms with Crippen LogP contribution < -0.4 is 10.0 Å². The van der Waals surface area contributed by atoms with Crippen LogP contribution in [-0.2, 0) is 15.6 Å². The Balaban J connectivity index is 2.11. The summed E-state index contributed by atoms with van der Waals surface area (Å²) in [6.07, 6.45) is 0. The molecule has 0 aliphatic rings. The Labute approximate surface area is 143 Å². The Morgan fingerprint density at radius 2 is 1.79 bits per heavy atom. The lowest BCUT2D eigenvalue weighted by Crippen LogP contribution is -2.36. The smallest absolute Gasteiger partial charge is 0.240 e. The van der Waals surface area contributed by atoms with Crippen LogP contribution in [0.5, 0.6) is 0 Å². The van der Waals surface area contributed by atoms with E-state index in [2.05, 4.69) is 10.0 Å². The lowest BCUT2D eigenvalue weighted by atomic mass is 9.95. The molecule has 3 N–H and O–H groups in total. The molecule has 6 heteroatoms. The number of hydrogen-bond donors (Lipinski definition) is 3. The molecule has 2 aromatic rings. The Morgan fingerprint density at radius 1 is 1.12 bits per heavy atom. The van der Waals surface area contributed by atoms with Gasteiger partial charge in [-0.15, -0.1) is 0 Å². The predicted octanol–water partition coefficient (Wildman–Crippen LogP) is 2.15. The Bertz CT molecular complexity index is 774. The maximum absolute atomic E-state index is 11.9. The van der Waals surface area contributed by atoms with Gasteiger partial charge in [0.25, 0.3) is 0 Å². The summed E-state index contributed by atoms with van der Waals surface area (Å²) in [4.78, 5) is 0.228. The van der Waals surface area contributed by atoms with E-state index < -0.39 is 15.6 Å². The molecule has 0 saturated heterocycles. The summed E-state index contributed by atoms with van der Waals surface area (Å²) in [5.74, 6) is 0. The quantitative estimate of drug-likeness (QED) is 0.716. The molecular formula is C18H24N2O3S. The van der Waals surface area contributed by atoms with Gasteiger partial charge in [0.1, 0.15) is 0 Å². The molecule has 0 aliphatic heterocycles. The van der Waals surface area contributed by atoms with Crippen LogP contribution in [-0.4, -0.2) is 27.1 Å². The van der Waals surface area contributed by atoms with E-state index in [4.69, 9.17) is 0 Å². The van der Waals surface area contributed by atoms with Crippen LogP contribution in [0.2, 0.25) is 0 Å². The van der Waals surface area contributed by atoms with Gasteiger partial charge in [0.05, 0.1) is 10.5 Å². The molecule has 0 heterocycles. The minimum Gasteiger partial charge on any atom is -0.384 e. The van der Waals surface area contributed by atoms with E-state index in [1.807, 2.05) is 43.3 Å². The average molecular weight is 348 g/mol. The van der Waals surface area contributed by atoms with E-state index in [0.717, 1.165) is 11.1 Å². The second-order valence-corrected chi connectivity index (χ2v) is 7.91. The molecule has 130 valence electrons. The van der Waals surface area contributed by atoms with Gasteiger partial charge in [0.2, 0.25) is 10.0 Å². The zero-order valence-electron chi connectivity index (χ0n) is 14.2. The molecule has 0 fully saturated rings. The maximum Gasteiger partial charge on any atom is 0.240 e. The fourth-order valence-corrected chi connectivity index (χ4v) is 3.22. The standard InChI is InChI=1S/C18H24N2O3S/c1-14(15-8-7-11-17(12-15)24(22,23)19-3)20-13-18(2,21)16-9-5-4-6-10-16/h4-12,14,19-21H,13H2,1-3H3/t14-,18-/m0/s1. The highest BCUT2D eigenvalue weighted by Gasteiger charge is 2.23. The van der Waals surface area contributed by atoms with Gasteiger partial charge in [-0.25, -0.2) is 13.1 Å². The fraction of sp³-hybridized carbons (Fsp3) is 0.333. The van der Waals surface area contributed by atoms with Crippen LogP contribution >= 0.6 is 0 Å². The summed E-state index contributed by atoms with van der Waals surface area (Å²) in [6.45, 7) is 4.04. The first-order valence-corrected chi connectivity index (χ1v) is 9.29. The van der Waals surface area contributed by atoms with E-state index in [9.17, 15) is 13.5 Å². The number of nitrogens with one attached hydrogen (secondary N) is 2. The normalized spacial score (nSPS) is 15.7. The second kappa shape index (κ2) is 7.44. The monoisotopic (exact) mass is 348 g/mol. The van der Waals surface area contributed by atoms with Gasteiger partial charge in [-0.05, 0) is 44.2 Å². The lowest BCUT2D eigenvalue weighted by molar-refractivity contribution is 0.0543. The number of hydrogen-bond acceptors (Lipinski definition) is 4. The van der Waals surface area contributed by atoms with Crippen LogP contribution in [0.3, 0.4) is 0 Å². The number of sulfonamides is 1. The van der Waals surface area contributed by atoms with Gasteiger partial charge in [0.15, 0.2) is 0 Å². The molecule has 0 radical (unpaired) electrons. The molecule has 0 saturated carbocycles. The van der Waals surface area contributed by atoms with Crippen LogP contribution in [0.25, 0.3) is 0 Å². The summed E-state index contributed by atoms with van der Waals surface area (Å²) in [5.41, 5.74) is 0.663. The largest absolute Gasteiger partial charge is 0.384 e. The maximum atomic E-state index is 11.9. The lowest BCUT2D eigenvalue weighted by Gasteiger charge is -2.27. The van der Waals surface area contributed by atoms with Gasteiger partial charge in [0, 0.05) is 12.6 Å². The van der Waals surface area contributed by atoms with E-state index in [1.54, 1.807) is 25.1 Å². The molecule has 0 unspecified atom stereocenters. The zero-order valence-corrected chi connectivity index (χ0v) is 15.0. The number of benzene rings is 2. The van der Waals surface area contributed by atoms with Crippen molar-refractivity contribution in [1.29, 1.82) is 0 Å². The van der Waals surface area contributed by atoms with Crippen LogP contribution in [0.15, 0.2) is 59.5 Å². The van der Waals surface area contributed by atoms with E-state index in [-0.39, 0.29) is 10.9 Å². The zero-order chi connectivity index (χ0) is 17.8. The first kappa shape index (κ1) is 18.6. The molecule has 0 aliphatic carbocycles. The van der Waals surface area contributed by atoms with E-state index in [0.29, 0.717) is 6.54 Å². The second-order valence-electron chi connectivity index (χ2n) is 6.02. The SMILES string of the molecule is CNS(=O)(=O)c1cccc([C@H](C)NC[C@](C)(O)c2ccccc2)c1. The molecule has 0 amide bonds. The summed E-state index contributed by atoms with van der Waals surface area (Å²) < 4.78 is 26.1. The van der Waals surface area contributed by atoms with Crippen LogP contribution in [0.1, 0.15) is 31.0 Å². The molecule has 2 rings (SSSR count). The summed E-state index contributed by atoms with van der Waals surface area (Å²) in [7, 11) is -2.08. The molecule has 24 heavy (non-hydrogen) atoms. The molecule has 2 aromatic carbocycles. The van der Waals surface area contributed by atoms with Crippen molar-refractivity contribution in [1.82, 2.24) is 10.0 Å². The Morgan fingerprint density at radius 3 is 2.42 bits per heavy atom. The Hall–Kier alpha value is -1.73. The first-order valence-electron chi connectivity index (χ1n) is 7.81. The van der Waals surface area contributed by atoms with Crippen molar-refractivity contribution in [2.45, 2.75) is 30.4 Å². The van der Waals surface area contributed by atoms with Gasteiger partial charge < -0.3 is 10.4 Å². The van der Waals surface area contributed by atoms with Crippen LogP contribution in [0, 0.1) is 0 Å². The third kappa shape index (κ3) is 4.42. The molecule has 5 nitrogen and oxygen atoms in total. The van der Waals surface area contributed by atoms with Crippen molar-refractivity contribution < 1.29 is 13.5 Å². The predicted molar refractivity (Wildman–Crippen MR) is 95.1 cm³/mol. The van der Waals surface area contributed by atoms with Crippen molar-refractivity contribution in [3.05, 3.63) is 65.7 Å². The first-order chi connectivity index (χ1) is 11.3. The summed E-state index contributed by atoms with van der Waals surface area (Å²) in [5, 5.41) is 13.9. The number of aliphatic hydroxyl groups is 1. The topological polar surface area (TPSA) is 78.4 Å². The minimum atomic E-state index is -3.47. The highest BCUT2D eigenvalue weighted by molar-refractivity contribution is 7.89. The summed E-state index contributed by atoms with van der Waals surface area (Å²) in [6, 6.07) is 16.1. The highest BCUT2D eigenvalue weighted by Crippen LogP contribution is 2.22. The minimum absolute atomic E-state index is 0.104. The molecule has 0 bridgehead atoms. The van der Waals surface area contributed by atoms with Crippen molar-refractivity contribution in [2.24, 2.45) is 0 Å². The van der Waals surface area contributed by atoms with Crippen molar-refractivity contribution in [3.63, 3.8) is 0 Å².